The summed E-state index contributed by atoms with van der Waals surface area (Å²) in [5.74, 6) is 0.880. The van der Waals surface area contributed by atoms with Gasteiger partial charge in [-0.25, -0.2) is 0 Å². The van der Waals surface area contributed by atoms with Crippen LogP contribution in [0.5, 0.6) is 5.75 Å². The average molecular weight is 359 g/mol. The lowest BCUT2D eigenvalue weighted by Gasteiger charge is -2.22. The molecule has 0 unspecified atom stereocenters. The van der Waals surface area contributed by atoms with E-state index in [1.807, 2.05) is 48.5 Å². The zero-order valence-electron chi connectivity index (χ0n) is 14.1. The number of hydrogen-bond donors (Lipinski definition) is 2. The standard InChI is InChI=1S/C20H23ClN2O2/c21-17-5-3-4-16(12-17)14-25-18-9-7-15(8-10-18)13-23-20(24)19-6-1-2-11-22-19/h3-5,7-10,12,19,22H,1-2,6,11,13-14H2,(H,23,24)/t19-/m0/s1. The number of halogens is 1. The minimum atomic E-state index is -0.0472. The van der Waals surface area contributed by atoms with Gasteiger partial charge < -0.3 is 15.4 Å². The number of amides is 1. The summed E-state index contributed by atoms with van der Waals surface area (Å²) < 4.78 is 5.77. The quantitative estimate of drug-likeness (QED) is 0.828. The summed E-state index contributed by atoms with van der Waals surface area (Å²) in [6.07, 6.45) is 3.19. The third kappa shape index (κ3) is 5.48. The predicted molar refractivity (Wildman–Crippen MR) is 99.7 cm³/mol. The van der Waals surface area contributed by atoms with Crippen LogP contribution < -0.4 is 15.4 Å². The Hall–Kier alpha value is -2.04. The zero-order valence-corrected chi connectivity index (χ0v) is 14.9. The Morgan fingerprint density at radius 2 is 2.00 bits per heavy atom. The molecule has 1 saturated heterocycles. The molecule has 0 radical (unpaired) electrons. The van der Waals surface area contributed by atoms with E-state index in [1.165, 1.54) is 0 Å². The Labute approximate surface area is 153 Å². The third-order valence-electron chi connectivity index (χ3n) is 4.31. The Kier molecular flexibility index (Phi) is 6.31. The number of benzene rings is 2. The Morgan fingerprint density at radius 1 is 1.16 bits per heavy atom. The molecule has 1 aliphatic heterocycles. The van der Waals surface area contributed by atoms with E-state index in [4.69, 9.17) is 16.3 Å². The molecule has 1 amide bonds. The number of rotatable bonds is 6. The van der Waals surface area contributed by atoms with Crippen LogP contribution in [0.1, 0.15) is 30.4 Å². The fraction of sp³-hybridized carbons (Fsp3) is 0.350. The van der Waals surface area contributed by atoms with Gasteiger partial charge in [0.25, 0.3) is 0 Å². The lowest BCUT2D eigenvalue weighted by atomic mass is 10.0. The Morgan fingerprint density at radius 3 is 2.72 bits per heavy atom. The number of carbonyl (C=O) groups is 1. The van der Waals surface area contributed by atoms with Crippen LogP contribution in [0.4, 0.5) is 0 Å². The third-order valence-corrected chi connectivity index (χ3v) is 4.55. The maximum absolute atomic E-state index is 12.1. The summed E-state index contributed by atoms with van der Waals surface area (Å²) in [6, 6.07) is 15.4. The molecule has 2 aromatic rings. The van der Waals surface area contributed by atoms with Crippen molar-refractivity contribution in [2.45, 2.75) is 38.5 Å². The number of piperidine rings is 1. The van der Waals surface area contributed by atoms with Crippen LogP contribution in [-0.4, -0.2) is 18.5 Å². The molecule has 1 atom stereocenters. The molecule has 3 rings (SSSR count). The number of nitrogens with one attached hydrogen (secondary N) is 2. The smallest absolute Gasteiger partial charge is 0.237 e. The summed E-state index contributed by atoms with van der Waals surface area (Å²) >= 11 is 5.97. The molecule has 1 heterocycles. The molecule has 4 nitrogen and oxygen atoms in total. The van der Waals surface area contributed by atoms with E-state index in [0.29, 0.717) is 18.2 Å². The van der Waals surface area contributed by atoms with Gasteiger partial charge in [-0.3, -0.25) is 4.79 Å². The van der Waals surface area contributed by atoms with Crippen LogP contribution in [-0.2, 0) is 17.9 Å². The second-order valence-electron chi connectivity index (χ2n) is 6.28. The highest BCUT2D eigenvalue weighted by molar-refractivity contribution is 6.30. The van der Waals surface area contributed by atoms with E-state index in [2.05, 4.69) is 10.6 Å². The molecule has 2 N–H and O–H groups in total. The molecule has 1 aliphatic rings. The van der Waals surface area contributed by atoms with Gasteiger partial charge in [0.05, 0.1) is 6.04 Å². The van der Waals surface area contributed by atoms with Gasteiger partial charge in [0.2, 0.25) is 5.91 Å². The van der Waals surface area contributed by atoms with E-state index in [9.17, 15) is 4.79 Å². The highest BCUT2D eigenvalue weighted by Gasteiger charge is 2.19. The van der Waals surface area contributed by atoms with Crippen molar-refractivity contribution in [3.05, 3.63) is 64.7 Å². The zero-order chi connectivity index (χ0) is 17.5. The Balaban J connectivity index is 1.46. The highest BCUT2D eigenvalue weighted by atomic mass is 35.5. The van der Waals surface area contributed by atoms with Crippen LogP contribution in [0.2, 0.25) is 5.02 Å². The average Bonchev–Trinajstić information content (AvgIpc) is 2.66. The van der Waals surface area contributed by atoms with Crippen molar-refractivity contribution >= 4 is 17.5 Å². The molecule has 0 bridgehead atoms. The van der Waals surface area contributed by atoms with Crippen molar-refractivity contribution in [3.63, 3.8) is 0 Å². The Bertz CT molecular complexity index is 697. The van der Waals surface area contributed by atoms with Crippen molar-refractivity contribution in [1.29, 1.82) is 0 Å². The van der Waals surface area contributed by atoms with E-state index in [0.717, 1.165) is 42.7 Å². The maximum Gasteiger partial charge on any atom is 0.237 e. The van der Waals surface area contributed by atoms with E-state index in [-0.39, 0.29) is 11.9 Å². The van der Waals surface area contributed by atoms with Gasteiger partial charge in [-0.05, 0) is 54.8 Å². The van der Waals surface area contributed by atoms with Crippen molar-refractivity contribution in [2.24, 2.45) is 0 Å². The largest absolute Gasteiger partial charge is 0.489 e. The first-order chi connectivity index (χ1) is 12.2. The van der Waals surface area contributed by atoms with Crippen molar-refractivity contribution < 1.29 is 9.53 Å². The molecule has 25 heavy (non-hydrogen) atoms. The minimum Gasteiger partial charge on any atom is -0.489 e. The van der Waals surface area contributed by atoms with E-state index >= 15 is 0 Å². The summed E-state index contributed by atoms with van der Waals surface area (Å²) in [5.41, 5.74) is 2.09. The van der Waals surface area contributed by atoms with Gasteiger partial charge in [0.15, 0.2) is 0 Å². The van der Waals surface area contributed by atoms with E-state index < -0.39 is 0 Å². The van der Waals surface area contributed by atoms with Gasteiger partial charge >= 0.3 is 0 Å². The lowest BCUT2D eigenvalue weighted by molar-refractivity contribution is -0.123. The first-order valence-electron chi connectivity index (χ1n) is 8.68. The topological polar surface area (TPSA) is 50.4 Å². The van der Waals surface area contributed by atoms with Crippen LogP contribution in [0.25, 0.3) is 0 Å². The fourth-order valence-electron chi connectivity index (χ4n) is 2.88. The highest BCUT2D eigenvalue weighted by Crippen LogP contribution is 2.16. The van der Waals surface area contributed by atoms with E-state index in [1.54, 1.807) is 0 Å². The lowest BCUT2D eigenvalue weighted by Crippen LogP contribution is -2.46. The minimum absolute atomic E-state index is 0.0472. The first kappa shape index (κ1) is 17.8. The van der Waals surface area contributed by atoms with Crippen LogP contribution in [0.3, 0.4) is 0 Å². The fourth-order valence-corrected chi connectivity index (χ4v) is 3.10. The van der Waals surface area contributed by atoms with Crippen LogP contribution in [0.15, 0.2) is 48.5 Å². The number of ether oxygens (including phenoxy) is 1. The molecule has 1 fully saturated rings. The SMILES string of the molecule is O=C(NCc1ccc(OCc2cccc(Cl)c2)cc1)[C@@H]1CCCCN1. The monoisotopic (exact) mass is 358 g/mol. The van der Waals surface area contributed by atoms with Crippen molar-refractivity contribution in [2.75, 3.05) is 6.54 Å². The second-order valence-corrected chi connectivity index (χ2v) is 6.72. The van der Waals surface area contributed by atoms with Crippen LogP contribution >= 0.6 is 11.6 Å². The number of carbonyl (C=O) groups excluding carboxylic acids is 1. The van der Waals surface area contributed by atoms with Crippen LogP contribution in [0, 0.1) is 0 Å². The molecule has 132 valence electrons. The van der Waals surface area contributed by atoms with Gasteiger partial charge in [-0.15, -0.1) is 0 Å². The first-order valence-corrected chi connectivity index (χ1v) is 9.06. The molecule has 0 aliphatic carbocycles. The molecular weight excluding hydrogens is 336 g/mol. The molecule has 0 aromatic heterocycles. The predicted octanol–water partition coefficient (Wildman–Crippen LogP) is 3.68. The molecular formula is C20H23ClN2O2. The molecule has 2 aromatic carbocycles. The number of hydrogen-bond acceptors (Lipinski definition) is 3. The summed E-state index contributed by atoms with van der Waals surface area (Å²) in [5, 5.41) is 6.96. The molecule has 0 saturated carbocycles. The summed E-state index contributed by atoms with van der Waals surface area (Å²) in [7, 11) is 0. The van der Waals surface area contributed by atoms with Crippen molar-refractivity contribution in [1.82, 2.24) is 10.6 Å². The van der Waals surface area contributed by atoms with Gasteiger partial charge in [-0.2, -0.15) is 0 Å². The second kappa shape index (κ2) is 8.88. The van der Waals surface area contributed by atoms with Gasteiger partial charge in [0.1, 0.15) is 12.4 Å². The summed E-state index contributed by atoms with van der Waals surface area (Å²) in [4.78, 5) is 12.1. The van der Waals surface area contributed by atoms with Crippen molar-refractivity contribution in [3.8, 4) is 5.75 Å². The normalized spacial score (nSPS) is 17.1. The summed E-state index contributed by atoms with van der Waals surface area (Å²) in [6.45, 7) is 1.94. The molecule has 0 spiro atoms. The van der Waals surface area contributed by atoms with Gasteiger partial charge in [0, 0.05) is 11.6 Å². The maximum atomic E-state index is 12.1. The molecule has 5 heteroatoms. The van der Waals surface area contributed by atoms with Gasteiger partial charge in [-0.1, -0.05) is 42.3 Å².